The topological polar surface area (TPSA) is 51.8 Å². The number of aryl methyl sites for hydroxylation is 4. The van der Waals surface area contributed by atoms with Crippen LogP contribution in [-0.4, -0.2) is 9.97 Å². The highest BCUT2D eigenvalue weighted by molar-refractivity contribution is 5.67. The largest absolute Gasteiger partial charge is 0.383 e. The van der Waals surface area contributed by atoms with Gasteiger partial charge in [-0.2, -0.15) is 0 Å². The summed E-state index contributed by atoms with van der Waals surface area (Å²) < 4.78 is 0. The molecule has 0 unspecified atom stereocenters. The van der Waals surface area contributed by atoms with Crippen LogP contribution in [0.25, 0.3) is 11.4 Å². The molecule has 2 N–H and O–H groups in total. The van der Waals surface area contributed by atoms with Crippen LogP contribution in [0.15, 0.2) is 12.1 Å². The Balaban J connectivity index is 2.21. The highest BCUT2D eigenvalue weighted by Crippen LogP contribution is 2.30. The van der Waals surface area contributed by atoms with Gasteiger partial charge in [-0.25, -0.2) is 9.97 Å². The molecular formula is C16H19N3. The predicted octanol–water partition coefficient (Wildman–Crippen LogP) is 3.14. The van der Waals surface area contributed by atoms with Crippen molar-refractivity contribution >= 4 is 5.82 Å². The molecule has 0 radical (unpaired) electrons. The SMILES string of the molecule is Cc1cc(C)c(-c2nc(N)c3c(n2)CCC3)c(C)c1. The second kappa shape index (κ2) is 4.34. The molecule has 1 aliphatic carbocycles. The quantitative estimate of drug-likeness (QED) is 0.849. The Morgan fingerprint density at radius 2 is 1.68 bits per heavy atom. The molecule has 1 aliphatic rings. The van der Waals surface area contributed by atoms with E-state index in [2.05, 4.69) is 37.9 Å². The van der Waals surface area contributed by atoms with Crippen LogP contribution in [0.4, 0.5) is 5.82 Å². The monoisotopic (exact) mass is 253 g/mol. The van der Waals surface area contributed by atoms with Crippen LogP contribution in [-0.2, 0) is 12.8 Å². The number of aromatic nitrogens is 2. The fourth-order valence-corrected chi connectivity index (χ4v) is 3.11. The Hall–Kier alpha value is -1.90. The Morgan fingerprint density at radius 3 is 2.37 bits per heavy atom. The highest BCUT2D eigenvalue weighted by atomic mass is 15.0. The molecule has 1 aromatic carbocycles. The van der Waals surface area contributed by atoms with E-state index in [9.17, 15) is 0 Å². The summed E-state index contributed by atoms with van der Waals surface area (Å²) in [6.07, 6.45) is 3.19. The standard InChI is InChI=1S/C16H19N3/c1-9-7-10(2)14(11(3)8-9)16-18-13-6-4-5-12(13)15(17)19-16/h7-8H,4-6H2,1-3H3,(H2,17,18,19). The van der Waals surface area contributed by atoms with Crippen molar-refractivity contribution in [3.05, 3.63) is 40.1 Å². The average Bonchev–Trinajstić information content (AvgIpc) is 2.76. The van der Waals surface area contributed by atoms with Crippen LogP contribution in [0.2, 0.25) is 0 Å². The van der Waals surface area contributed by atoms with Gasteiger partial charge in [-0.15, -0.1) is 0 Å². The Labute approximate surface area is 113 Å². The van der Waals surface area contributed by atoms with Crippen molar-refractivity contribution in [2.45, 2.75) is 40.0 Å². The molecule has 19 heavy (non-hydrogen) atoms. The van der Waals surface area contributed by atoms with E-state index in [0.29, 0.717) is 5.82 Å². The Kier molecular flexibility index (Phi) is 2.77. The summed E-state index contributed by atoms with van der Waals surface area (Å²) in [5.41, 5.74) is 13.2. The fraction of sp³-hybridized carbons (Fsp3) is 0.375. The third-order valence-electron chi connectivity index (χ3n) is 3.87. The van der Waals surface area contributed by atoms with Crippen molar-refractivity contribution in [2.24, 2.45) is 0 Å². The first-order valence-electron chi connectivity index (χ1n) is 6.79. The lowest BCUT2D eigenvalue weighted by atomic mass is 9.99. The lowest BCUT2D eigenvalue weighted by Crippen LogP contribution is -2.04. The van der Waals surface area contributed by atoms with Crippen molar-refractivity contribution in [1.29, 1.82) is 0 Å². The molecule has 0 amide bonds. The van der Waals surface area contributed by atoms with Crippen LogP contribution in [0, 0.1) is 20.8 Å². The van der Waals surface area contributed by atoms with Crippen molar-refractivity contribution in [3.63, 3.8) is 0 Å². The van der Waals surface area contributed by atoms with Crippen LogP contribution < -0.4 is 5.73 Å². The molecule has 0 saturated heterocycles. The summed E-state index contributed by atoms with van der Waals surface area (Å²) in [5, 5.41) is 0. The van der Waals surface area contributed by atoms with Gasteiger partial charge in [0.1, 0.15) is 5.82 Å². The van der Waals surface area contributed by atoms with E-state index in [-0.39, 0.29) is 0 Å². The predicted molar refractivity (Wildman–Crippen MR) is 78.1 cm³/mol. The molecule has 3 nitrogen and oxygen atoms in total. The van der Waals surface area contributed by atoms with Crippen LogP contribution in [0.5, 0.6) is 0 Å². The van der Waals surface area contributed by atoms with Crippen molar-refractivity contribution < 1.29 is 0 Å². The van der Waals surface area contributed by atoms with E-state index >= 15 is 0 Å². The van der Waals surface area contributed by atoms with E-state index in [1.54, 1.807) is 0 Å². The number of nitrogens with zero attached hydrogens (tertiary/aromatic N) is 2. The second-order valence-electron chi connectivity index (χ2n) is 5.48. The summed E-state index contributed by atoms with van der Waals surface area (Å²) in [7, 11) is 0. The molecule has 0 spiro atoms. The molecule has 3 rings (SSSR count). The Bertz CT molecular complexity index is 636. The third kappa shape index (κ3) is 1.99. The van der Waals surface area contributed by atoms with Crippen molar-refractivity contribution in [2.75, 3.05) is 5.73 Å². The molecular weight excluding hydrogens is 234 g/mol. The lowest BCUT2D eigenvalue weighted by Gasteiger charge is -2.12. The lowest BCUT2D eigenvalue weighted by molar-refractivity contribution is 0.900. The molecule has 3 heteroatoms. The maximum absolute atomic E-state index is 6.09. The summed E-state index contributed by atoms with van der Waals surface area (Å²) in [6.45, 7) is 6.34. The molecule has 1 heterocycles. The summed E-state index contributed by atoms with van der Waals surface area (Å²) in [6, 6.07) is 4.35. The molecule has 0 bridgehead atoms. The zero-order chi connectivity index (χ0) is 13.6. The maximum atomic E-state index is 6.09. The Morgan fingerprint density at radius 1 is 1.00 bits per heavy atom. The highest BCUT2D eigenvalue weighted by Gasteiger charge is 2.19. The van der Waals surface area contributed by atoms with Gasteiger partial charge < -0.3 is 5.73 Å². The van der Waals surface area contributed by atoms with Gasteiger partial charge in [0.2, 0.25) is 0 Å². The van der Waals surface area contributed by atoms with Gasteiger partial charge in [0, 0.05) is 16.8 Å². The van der Waals surface area contributed by atoms with Crippen molar-refractivity contribution in [3.8, 4) is 11.4 Å². The van der Waals surface area contributed by atoms with Gasteiger partial charge in [-0.05, 0) is 51.2 Å². The number of hydrogen-bond acceptors (Lipinski definition) is 3. The average molecular weight is 253 g/mol. The number of fused-ring (bicyclic) bond motifs is 1. The third-order valence-corrected chi connectivity index (χ3v) is 3.87. The maximum Gasteiger partial charge on any atom is 0.162 e. The van der Waals surface area contributed by atoms with E-state index in [0.717, 1.165) is 41.9 Å². The van der Waals surface area contributed by atoms with Crippen LogP contribution in [0.3, 0.4) is 0 Å². The molecule has 1 aromatic heterocycles. The zero-order valence-electron chi connectivity index (χ0n) is 11.7. The number of rotatable bonds is 1. The summed E-state index contributed by atoms with van der Waals surface area (Å²) >= 11 is 0. The first kappa shape index (κ1) is 12.2. The van der Waals surface area contributed by atoms with Crippen LogP contribution in [0.1, 0.15) is 34.4 Å². The minimum atomic E-state index is 0.664. The van der Waals surface area contributed by atoms with Gasteiger partial charge in [-0.3, -0.25) is 0 Å². The van der Waals surface area contributed by atoms with Gasteiger partial charge in [0.05, 0.1) is 0 Å². The molecule has 2 aromatic rings. The van der Waals surface area contributed by atoms with Crippen LogP contribution >= 0.6 is 0 Å². The number of hydrogen-bond donors (Lipinski definition) is 1. The zero-order valence-corrected chi connectivity index (χ0v) is 11.7. The first-order valence-corrected chi connectivity index (χ1v) is 6.79. The normalized spacial score (nSPS) is 13.6. The molecule has 0 atom stereocenters. The number of anilines is 1. The number of benzene rings is 1. The molecule has 0 aliphatic heterocycles. The fourth-order valence-electron chi connectivity index (χ4n) is 3.11. The second-order valence-corrected chi connectivity index (χ2v) is 5.48. The van der Waals surface area contributed by atoms with E-state index in [4.69, 9.17) is 10.7 Å². The van der Waals surface area contributed by atoms with E-state index in [1.807, 2.05) is 0 Å². The molecule has 98 valence electrons. The minimum absolute atomic E-state index is 0.664. The summed E-state index contributed by atoms with van der Waals surface area (Å²) in [5.74, 6) is 1.45. The van der Waals surface area contributed by atoms with E-state index in [1.165, 1.54) is 16.7 Å². The first-order chi connectivity index (χ1) is 9.06. The number of nitrogen functional groups attached to an aromatic ring is 1. The van der Waals surface area contributed by atoms with Gasteiger partial charge in [-0.1, -0.05) is 17.7 Å². The summed E-state index contributed by atoms with van der Waals surface area (Å²) in [4.78, 5) is 9.28. The van der Waals surface area contributed by atoms with Gasteiger partial charge in [0.25, 0.3) is 0 Å². The molecule has 0 fully saturated rings. The van der Waals surface area contributed by atoms with Gasteiger partial charge in [0.15, 0.2) is 5.82 Å². The van der Waals surface area contributed by atoms with Gasteiger partial charge >= 0.3 is 0 Å². The van der Waals surface area contributed by atoms with E-state index < -0.39 is 0 Å². The molecule has 0 saturated carbocycles. The minimum Gasteiger partial charge on any atom is -0.383 e. The number of nitrogens with two attached hydrogens (primary N) is 1. The smallest absolute Gasteiger partial charge is 0.162 e. The van der Waals surface area contributed by atoms with Crippen molar-refractivity contribution in [1.82, 2.24) is 9.97 Å².